The van der Waals surface area contributed by atoms with Crippen molar-refractivity contribution in [2.24, 2.45) is 5.73 Å². The summed E-state index contributed by atoms with van der Waals surface area (Å²) in [4.78, 5) is 6.19. The summed E-state index contributed by atoms with van der Waals surface area (Å²) in [6.07, 6.45) is 7.26. The highest BCUT2D eigenvalue weighted by molar-refractivity contribution is 7.11. The first-order chi connectivity index (χ1) is 9.43. The lowest BCUT2D eigenvalue weighted by Crippen LogP contribution is -2.28. The Morgan fingerprint density at radius 3 is 2.20 bits per heavy atom. The largest absolute Gasteiger partial charge is 0.371 e. The third kappa shape index (κ3) is 3.07. The minimum atomic E-state index is -0.172. The van der Waals surface area contributed by atoms with E-state index in [1.807, 2.05) is 7.11 Å². The molecule has 114 valence electrons. The van der Waals surface area contributed by atoms with Gasteiger partial charge in [0.1, 0.15) is 10.6 Å². The van der Waals surface area contributed by atoms with Crippen molar-refractivity contribution in [3.05, 3.63) is 15.6 Å². The minimum Gasteiger partial charge on any atom is -0.371 e. The average molecular weight is 296 g/mol. The van der Waals surface area contributed by atoms with Gasteiger partial charge in [0.05, 0.1) is 5.69 Å². The van der Waals surface area contributed by atoms with Crippen molar-refractivity contribution in [3.63, 3.8) is 0 Å². The zero-order valence-corrected chi connectivity index (χ0v) is 14.1. The molecule has 1 heterocycles. The number of nitrogens with zero attached hydrogens (tertiary/aromatic N) is 1. The van der Waals surface area contributed by atoms with Gasteiger partial charge in [0, 0.05) is 23.9 Å². The highest BCUT2D eigenvalue weighted by Gasteiger charge is 2.37. The average Bonchev–Trinajstić information content (AvgIpc) is 2.71. The molecule has 0 amide bonds. The fourth-order valence-electron chi connectivity index (χ4n) is 3.08. The summed E-state index contributed by atoms with van der Waals surface area (Å²) >= 11 is 1.76. The van der Waals surface area contributed by atoms with Crippen LogP contribution in [0.3, 0.4) is 0 Å². The quantitative estimate of drug-likeness (QED) is 0.854. The van der Waals surface area contributed by atoms with Crippen LogP contribution in [0.4, 0.5) is 0 Å². The number of aromatic nitrogens is 1. The number of thiazole rings is 1. The Morgan fingerprint density at radius 2 is 1.80 bits per heavy atom. The van der Waals surface area contributed by atoms with Crippen LogP contribution in [0.5, 0.6) is 0 Å². The topological polar surface area (TPSA) is 48.1 Å². The zero-order chi connectivity index (χ0) is 14.8. The number of nitrogens with two attached hydrogens (primary N) is 1. The van der Waals surface area contributed by atoms with Crippen molar-refractivity contribution >= 4 is 11.3 Å². The molecule has 2 N–H and O–H groups in total. The van der Waals surface area contributed by atoms with E-state index in [0.29, 0.717) is 6.54 Å². The third-order valence-corrected chi connectivity index (χ3v) is 5.55. The molecule has 1 aliphatic rings. The Morgan fingerprint density at radius 1 is 1.20 bits per heavy atom. The molecule has 3 nitrogen and oxygen atoms in total. The van der Waals surface area contributed by atoms with Gasteiger partial charge < -0.3 is 10.5 Å². The predicted octanol–water partition coefficient (Wildman–Crippen LogP) is 4.10. The van der Waals surface area contributed by atoms with E-state index in [-0.39, 0.29) is 11.0 Å². The van der Waals surface area contributed by atoms with Gasteiger partial charge in [0.2, 0.25) is 0 Å². The molecule has 0 atom stereocenters. The molecule has 0 aromatic carbocycles. The van der Waals surface area contributed by atoms with Crippen LogP contribution in [0.25, 0.3) is 0 Å². The first-order valence-corrected chi connectivity index (χ1v) is 8.50. The van der Waals surface area contributed by atoms with E-state index in [9.17, 15) is 0 Å². The first kappa shape index (κ1) is 15.9. The molecule has 1 saturated carbocycles. The summed E-state index contributed by atoms with van der Waals surface area (Å²) in [5.41, 5.74) is 6.96. The van der Waals surface area contributed by atoms with Gasteiger partial charge in [-0.15, -0.1) is 11.3 Å². The molecule has 0 spiro atoms. The summed E-state index contributed by atoms with van der Waals surface area (Å²) in [6, 6.07) is 0. The highest BCUT2D eigenvalue weighted by Crippen LogP contribution is 2.43. The Hall–Kier alpha value is -0.450. The molecule has 1 fully saturated rings. The molecule has 1 aromatic rings. The van der Waals surface area contributed by atoms with E-state index in [2.05, 4.69) is 20.8 Å². The number of rotatable bonds is 3. The van der Waals surface area contributed by atoms with Crippen LogP contribution >= 0.6 is 11.3 Å². The third-order valence-electron chi connectivity index (χ3n) is 4.28. The van der Waals surface area contributed by atoms with E-state index in [4.69, 9.17) is 15.5 Å². The van der Waals surface area contributed by atoms with E-state index >= 15 is 0 Å². The molecule has 0 bridgehead atoms. The molecular weight excluding hydrogens is 268 g/mol. The summed E-state index contributed by atoms with van der Waals surface area (Å²) in [6.45, 7) is 7.19. The van der Waals surface area contributed by atoms with Crippen molar-refractivity contribution in [1.82, 2.24) is 4.98 Å². The minimum absolute atomic E-state index is 0.0448. The van der Waals surface area contributed by atoms with E-state index in [1.165, 1.54) is 30.6 Å². The van der Waals surface area contributed by atoms with Gasteiger partial charge in [-0.3, -0.25) is 0 Å². The van der Waals surface area contributed by atoms with Gasteiger partial charge >= 0.3 is 0 Å². The normalized spacial score (nSPS) is 19.9. The van der Waals surface area contributed by atoms with Crippen LogP contribution in [-0.2, 0) is 22.3 Å². The Kier molecular flexibility index (Phi) is 4.88. The van der Waals surface area contributed by atoms with Gasteiger partial charge in [-0.05, 0) is 12.8 Å². The lowest BCUT2D eigenvalue weighted by Gasteiger charge is -2.29. The van der Waals surface area contributed by atoms with Crippen molar-refractivity contribution in [3.8, 4) is 0 Å². The highest BCUT2D eigenvalue weighted by atomic mass is 32.1. The van der Waals surface area contributed by atoms with Crippen LogP contribution in [-0.4, -0.2) is 12.1 Å². The van der Waals surface area contributed by atoms with Gasteiger partial charge in [-0.1, -0.05) is 46.5 Å². The Labute approximate surface area is 126 Å². The number of hydrogen-bond acceptors (Lipinski definition) is 4. The number of methoxy groups -OCH3 is 1. The lowest BCUT2D eigenvalue weighted by molar-refractivity contribution is -0.0281. The molecule has 0 saturated heterocycles. The fourth-order valence-corrected chi connectivity index (χ4v) is 4.45. The molecule has 2 rings (SSSR count). The standard InChI is InChI=1S/C16H28N2OS/c1-15(2,3)13-12(11-17)20-14(18-13)16(19-4)9-7-5-6-8-10-16/h5-11,17H2,1-4H3. The number of ether oxygens (including phenoxy) is 1. The predicted molar refractivity (Wildman–Crippen MR) is 85.1 cm³/mol. The SMILES string of the molecule is COC1(c2nc(C(C)(C)C)c(CN)s2)CCCCCC1. The van der Waals surface area contributed by atoms with E-state index < -0.39 is 0 Å². The van der Waals surface area contributed by atoms with Gasteiger partial charge in [-0.2, -0.15) is 0 Å². The maximum Gasteiger partial charge on any atom is 0.125 e. The maximum atomic E-state index is 5.98. The number of hydrogen-bond donors (Lipinski definition) is 1. The van der Waals surface area contributed by atoms with Crippen molar-refractivity contribution in [1.29, 1.82) is 0 Å². The Balaban J connectivity index is 2.42. The molecule has 20 heavy (non-hydrogen) atoms. The summed E-state index contributed by atoms with van der Waals surface area (Å²) in [5.74, 6) is 0. The van der Waals surface area contributed by atoms with Crippen LogP contribution in [0.1, 0.15) is 74.9 Å². The molecule has 0 radical (unpaired) electrons. The van der Waals surface area contributed by atoms with Crippen molar-refractivity contribution in [2.45, 2.75) is 76.9 Å². The summed E-state index contributed by atoms with van der Waals surface area (Å²) in [5, 5.41) is 1.15. The summed E-state index contributed by atoms with van der Waals surface area (Å²) in [7, 11) is 1.84. The summed E-state index contributed by atoms with van der Waals surface area (Å²) < 4.78 is 5.98. The van der Waals surface area contributed by atoms with Gasteiger partial charge in [0.15, 0.2) is 0 Å². The molecular formula is C16H28N2OS. The molecule has 4 heteroatoms. The smallest absolute Gasteiger partial charge is 0.125 e. The van der Waals surface area contributed by atoms with Crippen molar-refractivity contribution in [2.75, 3.05) is 7.11 Å². The van der Waals surface area contributed by atoms with E-state index in [0.717, 1.165) is 23.5 Å². The zero-order valence-electron chi connectivity index (χ0n) is 13.3. The molecule has 1 aliphatic carbocycles. The van der Waals surface area contributed by atoms with Crippen LogP contribution in [0.2, 0.25) is 0 Å². The molecule has 1 aromatic heterocycles. The first-order valence-electron chi connectivity index (χ1n) is 7.69. The lowest BCUT2D eigenvalue weighted by atomic mass is 9.90. The molecule has 0 aliphatic heterocycles. The Bertz CT molecular complexity index is 440. The van der Waals surface area contributed by atoms with Gasteiger partial charge in [-0.25, -0.2) is 4.98 Å². The van der Waals surface area contributed by atoms with E-state index in [1.54, 1.807) is 11.3 Å². The monoisotopic (exact) mass is 296 g/mol. The van der Waals surface area contributed by atoms with Crippen LogP contribution < -0.4 is 5.73 Å². The maximum absolute atomic E-state index is 5.98. The second-order valence-electron chi connectivity index (χ2n) is 6.86. The van der Waals surface area contributed by atoms with Crippen LogP contribution in [0, 0.1) is 0 Å². The van der Waals surface area contributed by atoms with Crippen molar-refractivity contribution < 1.29 is 4.74 Å². The molecule has 0 unspecified atom stereocenters. The second-order valence-corrected chi connectivity index (χ2v) is 7.94. The fraction of sp³-hybridized carbons (Fsp3) is 0.812. The van der Waals surface area contributed by atoms with Crippen LogP contribution in [0.15, 0.2) is 0 Å². The van der Waals surface area contributed by atoms with Gasteiger partial charge in [0.25, 0.3) is 0 Å². The second kappa shape index (κ2) is 6.12.